The van der Waals surface area contributed by atoms with Crippen molar-refractivity contribution in [1.82, 2.24) is 5.32 Å². The molecule has 0 aliphatic carbocycles. The van der Waals surface area contributed by atoms with Crippen molar-refractivity contribution in [2.45, 2.75) is 46.1 Å². The molecule has 1 unspecified atom stereocenters. The third kappa shape index (κ3) is 4.44. The fraction of sp³-hybridized carbons (Fsp3) is 0.400. The van der Waals surface area contributed by atoms with Gasteiger partial charge in [-0.25, -0.2) is 0 Å². The SMILES string of the molecule is CCCNC(Cc1cccc(C)c1)c1ccccc1CC. The molecule has 1 atom stereocenters. The van der Waals surface area contributed by atoms with Crippen molar-refractivity contribution in [2.75, 3.05) is 6.54 Å². The monoisotopic (exact) mass is 281 g/mol. The summed E-state index contributed by atoms with van der Waals surface area (Å²) in [7, 11) is 0. The smallest absolute Gasteiger partial charge is 0.0363 e. The van der Waals surface area contributed by atoms with E-state index in [-0.39, 0.29) is 0 Å². The molecule has 2 aromatic rings. The number of benzene rings is 2. The molecular weight excluding hydrogens is 254 g/mol. The summed E-state index contributed by atoms with van der Waals surface area (Å²) in [6.45, 7) is 7.69. The normalized spacial score (nSPS) is 12.3. The average Bonchev–Trinajstić information content (AvgIpc) is 2.51. The molecule has 0 radical (unpaired) electrons. The number of nitrogens with one attached hydrogen (secondary N) is 1. The van der Waals surface area contributed by atoms with E-state index in [0.717, 1.165) is 19.4 Å². The van der Waals surface area contributed by atoms with Gasteiger partial charge in [0.1, 0.15) is 0 Å². The van der Waals surface area contributed by atoms with E-state index in [1.54, 1.807) is 0 Å². The van der Waals surface area contributed by atoms with Crippen molar-refractivity contribution in [1.29, 1.82) is 0 Å². The van der Waals surface area contributed by atoms with Gasteiger partial charge in [-0.2, -0.15) is 0 Å². The minimum Gasteiger partial charge on any atom is -0.310 e. The lowest BCUT2D eigenvalue weighted by atomic mass is 9.93. The lowest BCUT2D eigenvalue weighted by molar-refractivity contribution is 0.526. The summed E-state index contributed by atoms with van der Waals surface area (Å²) in [5.74, 6) is 0. The number of aryl methyl sites for hydroxylation is 2. The fourth-order valence-electron chi connectivity index (χ4n) is 2.88. The Morgan fingerprint density at radius 3 is 2.52 bits per heavy atom. The minimum atomic E-state index is 0.405. The Labute approximate surface area is 129 Å². The molecule has 0 bridgehead atoms. The van der Waals surface area contributed by atoms with Crippen LogP contribution in [0.15, 0.2) is 48.5 Å². The Kier molecular flexibility index (Phi) is 6.01. The van der Waals surface area contributed by atoms with Crippen LogP contribution in [-0.2, 0) is 12.8 Å². The highest BCUT2D eigenvalue weighted by atomic mass is 14.9. The average molecular weight is 281 g/mol. The highest BCUT2D eigenvalue weighted by Crippen LogP contribution is 2.23. The molecule has 0 aliphatic rings. The van der Waals surface area contributed by atoms with Crippen LogP contribution in [0.2, 0.25) is 0 Å². The molecule has 0 spiro atoms. The zero-order valence-electron chi connectivity index (χ0n) is 13.5. The number of hydrogen-bond acceptors (Lipinski definition) is 1. The van der Waals surface area contributed by atoms with E-state index in [2.05, 4.69) is 74.6 Å². The fourth-order valence-corrected chi connectivity index (χ4v) is 2.88. The molecule has 2 aromatic carbocycles. The summed E-state index contributed by atoms with van der Waals surface area (Å²) in [6, 6.07) is 18.1. The summed E-state index contributed by atoms with van der Waals surface area (Å²) >= 11 is 0. The molecule has 0 fully saturated rings. The van der Waals surface area contributed by atoms with Gasteiger partial charge < -0.3 is 5.32 Å². The van der Waals surface area contributed by atoms with Crippen LogP contribution < -0.4 is 5.32 Å². The van der Waals surface area contributed by atoms with Gasteiger partial charge in [0, 0.05) is 6.04 Å². The largest absolute Gasteiger partial charge is 0.310 e. The summed E-state index contributed by atoms with van der Waals surface area (Å²) < 4.78 is 0. The molecular formula is C20H27N. The molecule has 2 rings (SSSR count). The van der Waals surface area contributed by atoms with Crippen molar-refractivity contribution in [3.8, 4) is 0 Å². The van der Waals surface area contributed by atoms with Crippen molar-refractivity contribution in [3.63, 3.8) is 0 Å². The van der Waals surface area contributed by atoms with Gasteiger partial charge in [0.05, 0.1) is 0 Å². The Bertz CT molecular complexity index is 559. The summed E-state index contributed by atoms with van der Waals surface area (Å²) in [4.78, 5) is 0. The molecule has 112 valence electrons. The van der Waals surface area contributed by atoms with Crippen LogP contribution in [-0.4, -0.2) is 6.54 Å². The first-order chi connectivity index (χ1) is 10.2. The van der Waals surface area contributed by atoms with Gasteiger partial charge in [-0.3, -0.25) is 0 Å². The number of hydrogen-bond donors (Lipinski definition) is 1. The first-order valence-corrected chi connectivity index (χ1v) is 8.11. The van der Waals surface area contributed by atoms with E-state index in [4.69, 9.17) is 0 Å². The van der Waals surface area contributed by atoms with Crippen LogP contribution in [0, 0.1) is 6.92 Å². The second-order valence-electron chi connectivity index (χ2n) is 5.75. The molecule has 1 nitrogen and oxygen atoms in total. The molecule has 0 aliphatic heterocycles. The highest BCUT2D eigenvalue weighted by molar-refractivity contribution is 5.32. The zero-order valence-corrected chi connectivity index (χ0v) is 13.5. The van der Waals surface area contributed by atoms with Gasteiger partial charge >= 0.3 is 0 Å². The van der Waals surface area contributed by atoms with Gasteiger partial charge in [0.2, 0.25) is 0 Å². The minimum absolute atomic E-state index is 0.405. The molecule has 0 saturated carbocycles. The second-order valence-corrected chi connectivity index (χ2v) is 5.75. The third-order valence-electron chi connectivity index (χ3n) is 3.97. The molecule has 1 N–H and O–H groups in total. The van der Waals surface area contributed by atoms with Crippen molar-refractivity contribution < 1.29 is 0 Å². The van der Waals surface area contributed by atoms with Gasteiger partial charge in [-0.1, -0.05) is 67.9 Å². The molecule has 0 amide bonds. The molecule has 1 heteroatoms. The maximum absolute atomic E-state index is 3.73. The molecule has 0 aromatic heterocycles. The van der Waals surface area contributed by atoms with Crippen molar-refractivity contribution in [2.24, 2.45) is 0 Å². The summed E-state index contributed by atoms with van der Waals surface area (Å²) in [5, 5.41) is 3.73. The quantitative estimate of drug-likeness (QED) is 0.765. The van der Waals surface area contributed by atoms with Crippen LogP contribution in [0.25, 0.3) is 0 Å². The Morgan fingerprint density at radius 1 is 1.00 bits per heavy atom. The molecule has 21 heavy (non-hydrogen) atoms. The lowest BCUT2D eigenvalue weighted by Gasteiger charge is -2.22. The maximum atomic E-state index is 3.73. The van der Waals surface area contributed by atoms with Crippen LogP contribution in [0.4, 0.5) is 0 Å². The van der Waals surface area contributed by atoms with Gasteiger partial charge in [0.15, 0.2) is 0 Å². The first kappa shape index (κ1) is 15.8. The van der Waals surface area contributed by atoms with Crippen LogP contribution in [0.5, 0.6) is 0 Å². The van der Waals surface area contributed by atoms with Crippen molar-refractivity contribution in [3.05, 3.63) is 70.8 Å². The van der Waals surface area contributed by atoms with Crippen LogP contribution >= 0.6 is 0 Å². The summed E-state index contributed by atoms with van der Waals surface area (Å²) in [6.07, 6.45) is 3.31. The van der Waals surface area contributed by atoms with E-state index in [9.17, 15) is 0 Å². The maximum Gasteiger partial charge on any atom is 0.0363 e. The Morgan fingerprint density at radius 2 is 1.81 bits per heavy atom. The van der Waals surface area contributed by atoms with Gasteiger partial charge in [0.25, 0.3) is 0 Å². The van der Waals surface area contributed by atoms with E-state index in [1.807, 2.05) is 0 Å². The van der Waals surface area contributed by atoms with Gasteiger partial charge in [-0.15, -0.1) is 0 Å². The highest BCUT2D eigenvalue weighted by Gasteiger charge is 2.14. The van der Waals surface area contributed by atoms with E-state index < -0.39 is 0 Å². The Hall–Kier alpha value is -1.60. The molecule has 0 saturated heterocycles. The third-order valence-corrected chi connectivity index (χ3v) is 3.97. The second kappa shape index (κ2) is 7.99. The topological polar surface area (TPSA) is 12.0 Å². The lowest BCUT2D eigenvalue weighted by Crippen LogP contribution is -2.25. The van der Waals surface area contributed by atoms with Crippen LogP contribution in [0.3, 0.4) is 0 Å². The predicted molar refractivity (Wildman–Crippen MR) is 91.7 cm³/mol. The Balaban J connectivity index is 2.25. The van der Waals surface area contributed by atoms with E-state index >= 15 is 0 Å². The zero-order chi connectivity index (χ0) is 15.1. The van der Waals surface area contributed by atoms with E-state index in [0.29, 0.717) is 6.04 Å². The predicted octanol–water partition coefficient (Wildman–Crippen LogP) is 4.84. The van der Waals surface area contributed by atoms with Gasteiger partial charge in [-0.05, 0) is 49.4 Å². The van der Waals surface area contributed by atoms with E-state index in [1.165, 1.54) is 28.7 Å². The van der Waals surface area contributed by atoms with Crippen molar-refractivity contribution >= 4 is 0 Å². The van der Waals surface area contributed by atoms with Crippen LogP contribution in [0.1, 0.15) is 48.6 Å². The summed E-state index contributed by atoms with van der Waals surface area (Å²) in [5.41, 5.74) is 5.66. The molecule has 0 heterocycles. The number of rotatable bonds is 7. The first-order valence-electron chi connectivity index (χ1n) is 8.11. The standard InChI is InChI=1S/C20H27N/c1-4-13-21-20(15-17-10-8-9-16(3)14-17)19-12-7-6-11-18(19)5-2/h6-12,14,20-21H,4-5,13,15H2,1-3H3.